The van der Waals surface area contributed by atoms with Gasteiger partial charge in [-0.2, -0.15) is 0 Å². The second-order valence-corrected chi connectivity index (χ2v) is 11.1. The van der Waals surface area contributed by atoms with Crippen molar-refractivity contribution in [2.75, 3.05) is 18.4 Å². The fourth-order valence-electron chi connectivity index (χ4n) is 4.54. The minimum atomic E-state index is -2.84. The smallest absolute Gasteiger partial charge is 0.267 e. The van der Waals surface area contributed by atoms with Crippen molar-refractivity contribution in [1.82, 2.24) is 15.1 Å². The molecular weight excluding hydrogens is 533 g/mol. The molecule has 0 radical (unpaired) electrons. The maximum atomic E-state index is 14.2. The van der Waals surface area contributed by atoms with Gasteiger partial charge in [-0.25, -0.2) is 13.2 Å². The summed E-state index contributed by atoms with van der Waals surface area (Å²) in [5.74, 6) is -4.88. The zero-order chi connectivity index (χ0) is 26.9. The minimum absolute atomic E-state index is 0.0359. The first-order valence-corrected chi connectivity index (χ1v) is 13.6. The van der Waals surface area contributed by atoms with E-state index in [9.17, 15) is 22.8 Å². The van der Waals surface area contributed by atoms with Gasteiger partial charge in [-0.05, 0) is 47.5 Å². The van der Waals surface area contributed by atoms with Crippen molar-refractivity contribution >= 4 is 39.6 Å². The monoisotopic (exact) mass is 556 g/mol. The normalized spacial score (nSPS) is 16.3. The number of carbonyl (C=O) groups excluding carboxylic acids is 2. The van der Waals surface area contributed by atoms with E-state index in [1.807, 2.05) is 12.1 Å². The predicted octanol–water partition coefficient (Wildman–Crippen LogP) is 6.29. The van der Waals surface area contributed by atoms with Gasteiger partial charge in [0.1, 0.15) is 11.3 Å². The van der Waals surface area contributed by atoms with Crippen molar-refractivity contribution in [1.29, 1.82) is 0 Å². The van der Waals surface area contributed by atoms with Crippen LogP contribution in [-0.2, 0) is 4.79 Å². The molecule has 1 fully saturated rings. The number of anilines is 1. The van der Waals surface area contributed by atoms with Crippen LogP contribution in [0.1, 0.15) is 40.1 Å². The molecule has 0 spiro atoms. The number of hydrogen-bond acceptors (Lipinski definition) is 6. The van der Waals surface area contributed by atoms with E-state index < -0.39 is 36.0 Å². The molecule has 38 heavy (non-hydrogen) atoms. The number of amides is 2. The number of carbonyl (C=O) groups is 2. The molecule has 196 valence electrons. The van der Waals surface area contributed by atoms with Crippen LogP contribution >= 0.6 is 22.7 Å². The summed E-state index contributed by atoms with van der Waals surface area (Å²) in [5.41, 5.74) is 3.38. The highest BCUT2D eigenvalue weighted by Crippen LogP contribution is 2.40. The van der Waals surface area contributed by atoms with Gasteiger partial charge in [0.05, 0.1) is 6.54 Å². The third kappa shape index (κ3) is 5.63. The molecule has 3 heterocycles. The van der Waals surface area contributed by atoms with Crippen LogP contribution in [0, 0.1) is 11.7 Å². The van der Waals surface area contributed by atoms with Crippen LogP contribution < -0.4 is 5.32 Å². The Morgan fingerprint density at radius 1 is 1.11 bits per heavy atom. The van der Waals surface area contributed by atoms with E-state index in [0.717, 1.165) is 15.3 Å². The second kappa shape index (κ2) is 10.7. The molecule has 6 nitrogen and oxygen atoms in total. The average molecular weight is 557 g/mol. The summed E-state index contributed by atoms with van der Waals surface area (Å²) in [7, 11) is 0. The van der Waals surface area contributed by atoms with Gasteiger partial charge in [0, 0.05) is 40.1 Å². The van der Waals surface area contributed by atoms with Gasteiger partial charge in [0.25, 0.3) is 11.8 Å². The number of hydrogen-bond donors (Lipinski definition) is 1. The standard InChI is InChI=1S/C27H23F3N4O2S2/c1-16(24(35)32-26-33-31-15-37-26)23(19-3-2-4-20(28)13-19)22-10-9-21(38-22)17-5-7-18(8-6-17)25(36)34-12-11-27(29,30)14-34/h2-10,13,15-16,23H,11-12,14H2,1H3,(H,32,33,35)/t16-,23-/m1/s1. The Labute approximate surface area is 225 Å². The molecule has 5 rings (SSSR count). The van der Waals surface area contributed by atoms with Crippen molar-refractivity contribution in [3.05, 3.63) is 88.0 Å². The Morgan fingerprint density at radius 3 is 2.55 bits per heavy atom. The number of nitrogens with zero attached hydrogens (tertiary/aromatic N) is 3. The fraction of sp³-hybridized carbons (Fsp3) is 0.259. The van der Waals surface area contributed by atoms with Crippen molar-refractivity contribution in [2.24, 2.45) is 5.92 Å². The molecule has 2 amide bonds. The zero-order valence-electron chi connectivity index (χ0n) is 20.2. The topological polar surface area (TPSA) is 75.2 Å². The van der Waals surface area contributed by atoms with E-state index in [2.05, 4.69) is 15.5 Å². The molecule has 2 atom stereocenters. The summed E-state index contributed by atoms with van der Waals surface area (Å²) >= 11 is 2.68. The quantitative estimate of drug-likeness (QED) is 0.290. The first-order valence-electron chi connectivity index (χ1n) is 11.9. The third-order valence-corrected chi connectivity index (χ3v) is 8.34. The number of halogens is 3. The lowest BCUT2D eigenvalue weighted by atomic mass is 9.85. The predicted molar refractivity (Wildman–Crippen MR) is 141 cm³/mol. The highest BCUT2D eigenvalue weighted by Gasteiger charge is 2.40. The van der Waals surface area contributed by atoms with Crippen LogP contribution in [0.4, 0.5) is 18.3 Å². The SMILES string of the molecule is C[C@@H](C(=O)Nc1nncs1)[C@H](c1cccc(F)c1)c1ccc(-c2ccc(C(=O)N3CCC(F)(F)C3)cc2)s1. The van der Waals surface area contributed by atoms with Gasteiger partial charge >= 0.3 is 0 Å². The molecule has 2 aromatic carbocycles. The average Bonchev–Trinajstić information content (AvgIpc) is 3.66. The van der Waals surface area contributed by atoms with Crippen LogP contribution in [-0.4, -0.2) is 45.9 Å². The summed E-state index contributed by atoms with van der Waals surface area (Å²) in [5, 5.41) is 10.8. The lowest BCUT2D eigenvalue weighted by Crippen LogP contribution is -2.31. The number of thiophene rings is 1. The number of aromatic nitrogens is 2. The third-order valence-electron chi connectivity index (χ3n) is 6.52. The lowest BCUT2D eigenvalue weighted by molar-refractivity contribution is -0.119. The first kappa shape index (κ1) is 26.1. The van der Waals surface area contributed by atoms with Gasteiger partial charge in [-0.3, -0.25) is 9.59 Å². The number of benzene rings is 2. The summed E-state index contributed by atoms with van der Waals surface area (Å²) in [6, 6.07) is 16.9. The molecule has 1 saturated heterocycles. The molecule has 1 aliphatic rings. The van der Waals surface area contributed by atoms with Crippen molar-refractivity contribution in [3.63, 3.8) is 0 Å². The van der Waals surface area contributed by atoms with Crippen LogP contribution in [0.15, 0.2) is 66.2 Å². The van der Waals surface area contributed by atoms with E-state index in [0.29, 0.717) is 16.3 Å². The molecular formula is C27H23F3N4O2S2. The highest BCUT2D eigenvalue weighted by molar-refractivity contribution is 7.15. The van der Waals surface area contributed by atoms with Crippen LogP contribution in [0.2, 0.25) is 0 Å². The molecule has 1 N–H and O–H groups in total. The summed E-state index contributed by atoms with van der Waals surface area (Å²) in [6.07, 6.45) is -0.321. The van der Waals surface area contributed by atoms with Crippen molar-refractivity contribution < 1.29 is 22.8 Å². The van der Waals surface area contributed by atoms with E-state index in [1.54, 1.807) is 43.3 Å². The number of alkyl halides is 2. The van der Waals surface area contributed by atoms with Gasteiger partial charge in [-0.1, -0.05) is 42.5 Å². The number of nitrogens with one attached hydrogen (secondary N) is 1. The Bertz CT molecular complexity index is 1440. The van der Waals surface area contributed by atoms with Gasteiger partial charge < -0.3 is 10.2 Å². The Hall–Kier alpha value is -3.57. The Balaban J connectivity index is 1.39. The van der Waals surface area contributed by atoms with Crippen LogP contribution in [0.3, 0.4) is 0 Å². The minimum Gasteiger partial charge on any atom is -0.332 e. The van der Waals surface area contributed by atoms with Gasteiger partial charge in [0.2, 0.25) is 11.0 Å². The molecule has 0 saturated carbocycles. The van der Waals surface area contributed by atoms with Crippen LogP contribution in [0.5, 0.6) is 0 Å². The molecule has 1 aliphatic heterocycles. The van der Waals surface area contributed by atoms with E-state index in [4.69, 9.17) is 0 Å². The van der Waals surface area contributed by atoms with Gasteiger partial charge in [0.15, 0.2) is 0 Å². The number of likely N-dealkylation sites (tertiary alicyclic amines) is 1. The Morgan fingerprint density at radius 2 is 1.89 bits per heavy atom. The molecule has 0 unspecified atom stereocenters. The van der Waals surface area contributed by atoms with E-state index in [1.165, 1.54) is 45.2 Å². The number of rotatable bonds is 7. The summed E-state index contributed by atoms with van der Waals surface area (Å²) < 4.78 is 41.2. The zero-order valence-corrected chi connectivity index (χ0v) is 21.9. The van der Waals surface area contributed by atoms with Crippen molar-refractivity contribution in [2.45, 2.75) is 25.2 Å². The van der Waals surface area contributed by atoms with Crippen molar-refractivity contribution in [3.8, 4) is 10.4 Å². The van der Waals surface area contributed by atoms with E-state index in [-0.39, 0.29) is 18.9 Å². The van der Waals surface area contributed by atoms with Crippen LogP contribution in [0.25, 0.3) is 10.4 Å². The maximum absolute atomic E-state index is 14.2. The van der Waals surface area contributed by atoms with Gasteiger partial charge in [-0.15, -0.1) is 21.5 Å². The highest BCUT2D eigenvalue weighted by atomic mass is 32.1. The molecule has 0 bridgehead atoms. The molecule has 11 heteroatoms. The molecule has 0 aliphatic carbocycles. The van der Waals surface area contributed by atoms with E-state index >= 15 is 0 Å². The Kier molecular flexibility index (Phi) is 7.31. The molecule has 2 aromatic heterocycles. The largest absolute Gasteiger partial charge is 0.332 e. The maximum Gasteiger partial charge on any atom is 0.267 e. The first-order chi connectivity index (χ1) is 18.2. The lowest BCUT2D eigenvalue weighted by Gasteiger charge is -2.22. The summed E-state index contributed by atoms with van der Waals surface area (Å²) in [4.78, 5) is 28.6. The summed E-state index contributed by atoms with van der Waals surface area (Å²) in [6.45, 7) is 1.26. The molecule has 4 aromatic rings. The fourth-order valence-corrected chi connectivity index (χ4v) is 6.24. The second-order valence-electron chi connectivity index (χ2n) is 9.17.